The number of rotatable bonds is 9. The lowest BCUT2D eigenvalue weighted by Gasteiger charge is -2.32. The fourth-order valence-electron chi connectivity index (χ4n) is 2.69. The standard InChI is InChI=1S/C17H30N2O6/c18-13(15(21)22)7-4-6-11-19-16(23)25-12-10-17(24)9-5-2-1-3-8-14(17)20/h3,8,13-14,20,24H,1-2,4-7,9-12,18H2,(H,19,23)(H,21,22)/b8-3-/t13-,14?,17?/m0/s1. The third kappa shape index (κ3) is 8.33. The summed E-state index contributed by atoms with van der Waals surface area (Å²) in [7, 11) is 0. The monoisotopic (exact) mass is 358 g/mol. The van der Waals surface area contributed by atoms with Gasteiger partial charge in [0.1, 0.15) is 12.1 Å². The normalized spacial score (nSPS) is 26.1. The molecule has 0 bridgehead atoms. The van der Waals surface area contributed by atoms with Crippen LogP contribution in [0.2, 0.25) is 0 Å². The lowest BCUT2D eigenvalue weighted by Crippen LogP contribution is -2.43. The van der Waals surface area contributed by atoms with E-state index in [-0.39, 0.29) is 13.0 Å². The van der Waals surface area contributed by atoms with Gasteiger partial charge in [0.05, 0.1) is 12.2 Å². The Hall–Kier alpha value is -1.64. The smallest absolute Gasteiger partial charge is 0.407 e. The van der Waals surface area contributed by atoms with Gasteiger partial charge in [-0.15, -0.1) is 0 Å². The van der Waals surface area contributed by atoms with Gasteiger partial charge in [-0.1, -0.05) is 18.6 Å². The molecule has 25 heavy (non-hydrogen) atoms. The second-order valence-corrected chi connectivity index (χ2v) is 6.48. The van der Waals surface area contributed by atoms with Crippen LogP contribution >= 0.6 is 0 Å². The van der Waals surface area contributed by atoms with E-state index in [1.807, 2.05) is 6.08 Å². The van der Waals surface area contributed by atoms with Gasteiger partial charge in [-0.05, 0) is 38.5 Å². The quantitative estimate of drug-likeness (QED) is 0.304. The Morgan fingerprint density at radius 1 is 1.36 bits per heavy atom. The molecule has 0 spiro atoms. The van der Waals surface area contributed by atoms with Crippen LogP contribution in [0.5, 0.6) is 0 Å². The lowest BCUT2D eigenvalue weighted by atomic mass is 9.85. The number of nitrogens with two attached hydrogens (primary N) is 1. The molecule has 0 aromatic heterocycles. The first kappa shape index (κ1) is 21.4. The number of amides is 1. The maximum absolute atomic E-state index is 11.6. The molecule has 0 aromatic rings. The molecule has 0 fully saturated rings. The number of alkyl carbamates (subject to hydrolysis) is 1. The van der Waals surface area contributed by atoms with Crippen molar-refractivity contribution in [3.05, 3.63) is 12.2 Å². The largest absolute Gasteiger partial charge is 0.480 e. The number of aliphatic hydroxyl groups is 2. The van der Waals surface area contributed by atoms with Crippen molar-refractivity contribution in [2.75, 3.05) is 13.2 Å². The van der Waals surface area contributed by atoms with Gasteiger partial charge in [-0.2, -0.15) is 0 Å². The number of unbranched alkanes of at least 4 members (excludes halogenated alkanes) is 1. The maximum Gasteiger partial charge on any atom is 0.407 e. The third-order valence-electron chi connectivity index (χ3n) is 4.40. The van der Waals surface area contributed by atoms with E-state index in [2.05, 4.69) is 5.32 Å². The first-order chi connectivity index (χ1) is 11.8. The van der Waals surface area contributed by atoms with Crippen molar-refractivity contribution < 1.29 is 29.6 Å². The topological polar surface area (TPSA) is 142 Å². The molecule has 1 amide bonds. The van der Waals surface area contributed by atoms with Crippen molar-refractivity contribution in [3.63, 3.8) is 0 Å². The Morgan fingerprint density at radius 2 is 2.12 bits per heavy atom. The molecule has 3 atom stereocenters. The van der Waals surface area contributed by atoms with Gasteiger partial charge in [0.2, 0.25) is 0 Å². The average molecular weight is 358 g/mol. The summed E-state index contributed by atoms with van der Waals surface area (Å²) in [5.74, 6) is -1.03. The van der Waals surface area contributed by atoms with Crippen molar-refractivity contribution >= 4 is 12.1 Å². The Labute approximate surface area is 148 Å². The lowest BCUT2D eigenvalue weighted by molar-refractivity contribution is -0.138. The van der Waals surface area contributed by atoms with Crippen molar-refractivity contribution in [2.24, 2.45) is 5.73 Å². The molecule has 8 heteroatoms. The highest BCUT2D eigenvalue weighted by Crippen LogP contribution is 2.26. The molecular weight excluding hydrogens is 328 g/mol. The number of ether oxygens (including phenoxy) is 1. The first-order valence-corrected chi connectivity index (χ1v) is 8.81. The SMILES string of the molecule is N[C@@H](CCCCNC(=O)OCCC1(O)CCCC/C=C\C1O)C(=O)O. The minimum atomic E-state index is -1.27. The molecule has 0 aromatic carbocycles. The molecule has 0 saturated carbocycles. The zero-order chi connectivity index (χ0) is 18.7. The van der Waals surface area contributed by atoms with Crippen LogP contribution < -0.4 is 11.1 Å². The molecule has 0 heterocycles. The van der Waals surface area contributed by atoms with E-state index in [0.29, 0.717) is 32.2 Å². The molecule has 144 valence electrons. The average Bonchev–Trinajstić information content (AvgIpc) is 2.55. The predicted molar refractivity (Wildman–Crippen MR) is 92.0 cm³/mol. The van der Waals surface area contributed by atoms with Crippen LogP contribution in [0.3, 0.4) is 0 Å². The molecule has 0 saturated heterocycles. The summed E-state index contributed by atoms with van der Waals surface area (Å²) >= 11 is 0. The Bertz CT molecular complexity index is 456. The highest BCUT2D eigenvalue weighted by Gasteiger charge is 2.34. The van der Waals surface area contributed by atoms with E-state index in [0.717, 1.165) is 19.3 Å². The Morgan fingerprint density at radius 3 is 2.84 bits per heavy atom. The van der Waals surface area contributed by atoms with Gasteiger partial charge in [-0.3, -0.25) is 4.79 Å². The molecule has 1 rings (SSSR count). The summed E-state index contributed by atoms with van der Waals surface area (Å²) in [6, 6.07) is -0.878. The number of carboxylic acid groups (broad SMARTS) is 1. The van der Waals surface area contributed by atoms with Gasteiger partial charge in [0.15, 0.2) is 0 Å². The maximum atomic E-state index is 11.6. The van der Waals surface area contributed by atoms with E-state index < -0.39 is 29.8 Å². The van der Waals surface area contributed by atoms with Crippen LogP contribution in [-0.2, 0) is 9.53 Å². The summed E-state index contributed by atoms with van der Waals surface area (Å²) in [6.45, 7) is 0.373. The van der Waals surface area contributed by atoms with Crippen LogP contribution in [0.1, 0.15) is 51.4 Å². The fourth-order valence-corrected chi connectivity index (χ4v) is 2.69. The molecular formula is C17H30N2O6. The molecule has 0 radical (unpaired) electrons. The molecule has 0 aliphatic heterocycles. The summed E-state index contributed by atoms with van der Waals surface area (Å²) in [4.78, 5) is 22.1. The van der Waals surface area contributed by atoms with Gasteiger partial charge in [-0.25, -0.2) is 4.79 Å². The molecule has 8 nitrogen and oxygen atoms in total. The number of nitrogens with one attached hydrogen (secondary N) is 1. The van der Waals surface area contributed by atoms with Crippen LogP contribution in [0.25, 0.3) is 0 Å². The number of hydrogen-bond donors (Lipinski definition) is 5. The fraction of sp³-hybridized carbons (Fsp3) is 0.765. The van der Waals surface area contributed by atoms with Crippen molar-refractivity contribution in [1.29, 1.82) is 0 Å². The first-order valence-electron chi connectivity index (χ1n) is 8.81. The minimum absolute atomic E-state index is 0.0110. The number of carboxylic acids is 1. The summed E-state index contributed by atoms with van der Waals surface area (Å²) in [5, 5.41) is 31.8. The van der Waals surface area contributed by atoms with Crippen LogP contribution in [0.4, 0.5) is 4.79 Å². The van der Waals surface area contributed by atoms with E-state index in [9.17, 15) is 19.8 Å². The Balaban J connectivity index is 2.18. The van der Waals surface area contributed by atoms with Crippen LogP contribution in [0, 0.1) is 0 Å². The van der Waals surface area contributed by atoms with Gasteiger partial charge < -0.3 is 31.1 Å². The summed E-state index contributed by atoms with van der Waals surface area (Å²) in [5.41, 5.74) is 4.11. The van der Waals surface area contributed by atoms with E-state index in [1.54, 1.807) is 6.08 Å². The zero-order valence-electron chi connectivity index (χ0n) is 14.5. The third-order valence-corrected chi connectivity index (χ3v) is 4.40. The van der Waals surface area contributed by atoms with Crippen LogP contribution in [-0.4, -0.2) is 58.3 Å². The molecule has 1 aliphatic carbocycles. The Kier molecular flexibility index (Phi) is 9.48. The summed E-state index contributed by atoms with van der Waals surface area (Å²) in [6.07, 6.45) is 6.73. The number of hydrogen-bond acceptors (Lipinski definition) is 6. The number of aliphatic hydroxyl groups excluding tert-OH is 1. The van der Waals surface area contributed by atoms with Crippen molar-refractivity contribution in [1.82, 2.24) is 5.32 Å². The van der Waals surface area contributed by atoms with E-state index >= 15 is 0 Å². The summed E-state index contributed by atoms with van der Waals surface area (Å²) < 4.78 is 5.03. The van der Waals surface area contributed by atoms with Crippen molar-refractivity contribution in [3.8, 4) is 0 Å². The molecule has 2 unspecified atom stereocenters. The number of aliphatic carboxylic acids is 1. The predicted octanol–water partition coefficient (Wildman–Crippen LogP) is 0.907. The highest BCUT2D eigenvalue weighted by molar-refractivity contribution is 5.72. The number of allylic oxidation sites excluding steroid dienone is 1. The van der Waals surface area contributed by atoms with E-state index in [4.69, 9.17) is 15.6 Å². The number of carbonyl (C=O) groups is 2. The molecule has 6 N–H and O–H groups in total. The van der Waals surface area contributed by atoms with E-state index in [1.165, 1.54) is 0 Å². The van der Waals surface area contributed by atoms with Crippen molar-refractivity contribution in [2.45, 2.75) is 69.1 Å². The number of carbonyl (C=O) groups excluding carboxylic acids is 1. The van der Waals surface area contributed by atoms with Gasteiger partial charge in [0, 0.05) is 13.0 Å². The van der Waals surface area contributed by atoms with Crippen LogP contribution in [0.15, 0.2) is 12.2 Å². The van der Waals surface area contributed by atoms with Gasteiger partial charge in [0.25, 0.3) is 0 Å². The van der Waals surface area contributed by atoms with Gasteiger partial charge >= 0.3 is 12.1 Å². The second-order valence-electron chi connectivity index (χ2n) is 6.48. The highest BCUT2D eigenvalue weighted by atomic mass is 16.5. The zero-order valence-corrected chi connectivity index (χ0v) is 14.5. The molecule has 1 aliphatic rings. The minimum Gasteiger partial charge on any atom is -0.480 e. The second kappa shape index (κ2) is 11.1.